The molecule has 0 heterocycles. The molecule has 1 aliphatic carbocycles. The first-order valence-corrected chi connectivity index (χ1v) is 12.7. The Bertz CT molecular complexity index is 926. The number of hydrogen-bond donors (Lipinski definition) is 1. The molecule has 1 N–H and O–H groups in total. The van der Waals surface area contributed by atoms with Crippen molar-refractivity contribution in [2.24, 2.45) is 0 Å². The van der Waals surface area contributed by atoms with E-state index in [0.29, 0.717) is 18.2 Å². The van der Waals surface area contributed by atoms with Crippen LogP contribution in [0.2, 0.25) is 0 Å². The third-order valence-electron chi connectivity index (χ3n) is 6.29. The van der Waals surface area contributed by atoms with E-state index >= 15 is 0 Å². The highest BCUT2D eigenvalue weighted by atomic mass is 79.9. The molecular weight excluding hydrogens is 480 g/mol. The summed E-state index contributed by atoms with van der Waals surface area (Å²) in [5.74, 6) is 0.701. The lowest BCUT2D eigenvalue weighted by Crippen LogP contribution is -2.51. The van der Waals surface area contributed by atoms with Crippen molar-refractivity contribution in [3.8, 4) is 5.75 Å². The number of nitrogens with zero attached hydrogens (tertiary/aromatic N) is 1. The minimum absolute atomic E-state index is 0.103. The summed E-state index contributed by atoms with van der Waals surface area (Å²) >= 11 is 3.55. The molecule has 178 valence electrons. The number of carbonyl (C=O) groups excluding carboxylic acids is 2. The monoisotopic (exact) mass is 514 g/mol. The lowest BCUT2D eigenvalue weighted by atomic mass is 9.95. The van der Waals surface area contributed by atoms with Gasteiger partial charge in [-0.25, -0.2) is 0 Å². The summed E-state index contributed by atoms with van der Waals surface area (Å²) in [6.07, 6.45) is 5.53. The fourth-order valence-corrected chi connectivity index (χ4v) is 4.66. The van der Waals surface area contributed by atoms with Crippen molar-refractivity contribution in [2.75, 3.05) is 6.61 Å². The predicted molar refractivity (Wildman–Crippen MR) is 135 cm³/mol. The average Bonchev–Trinajstić information content (AvgIpc) is 2.82. The molecule has 0 unspecified atom stereocenters. The van der Waals surface area contributed by atoms with Crippen molar-refractivity contribution in [1.29, 1.82) is 0 Å². The molecule has 1 atom stereocenters. The Morgan fingerprint density at radius 2 is 1.76 bits per heavy atom. The van der Waals surface area contributed by atoms with Crippen molar-refractivity contribution in [2.45, 2.75) is 77.4 Å². The molecule has 0 aliphatic heterocycles. The van der Waals surface area contributed by atoms with Gasteiger partial charge in [0, 0.05) is 12.6 Å². The summed E-state index contributed by atoms with van der Waals surface area (Å²) in [5, 5.41) is 3.16. The Morgan fingerprint density at radius 3 is 2.39 bits per heavy atom. The highest BCUT2D eigenvalue weighted by molar-refractivity contribution is 9.10. The predicted octanol–water partition coefficient (Wildman–Crippen LogP) is 5.82. The smallest absolute Gasteiger partial charge is 0.261 e. The van der Waals surface area contributed by atoms with Crippen LogP contribution in [0.25, 0.3) is 0 Å². The zero-order chi connectivity index (χ0) is 23.8. The molecule has 2 aromatic carbocycles. The third kappa shape index (κ3) is 7.32. The minimum atomic E-state index is -0.588. The molecule has 1 saturated carbocycles. The molecule has 0 spiro atoms. The highest BCUT2D eigenvalue weighted by Gasteiger charge is 2.28. The average molecular weight is 515 g/mol. The van der Waals surface area contributed by atoms with E-state index in [1.807, 2.05) is 48.5 Å². The van der Waals surface area contributed by atoms with Gasteiger partial charge in [-0.3, -0.25) is 9.59 Å². The maximum absolute atomic E-state index is 13.3. The number of rotatable bonds is 9. The summed E-state index contributed by atoms with van der Waals surface area (Å²) in [6.45, 7) is 6.29. The van der Waals surface area contributed by atoms with Crippen LogP contribution in [0.5, 0.6) is 5.75 Å². The second-order valence-corrected chi connectivity index (χ2v) is 10.0. The molecule has 0 saturated heterocycles. The zero-order valence-electron chi connectivity index (χ0n) is 19.9. The number of benzene rings is 2. The number of carbonyl (C=O) groups is 2. The van der Waals surface area contributed by atoms with Crippen molar-refractivity contribution in [3.05, 3.63) is 64.1 Å². The third-order valence-corrected chi connectivity index (χ3v) is 6.91. The summed E-state index contributed by atoms with van der Waals surface area (Å²) in [6, 6.07) is 15.3. The molecule has 6 heteroatoms. The first-order valence-electron chi connectivity index (χ1n) is 11.9. The molecule has 0 radical (unpaired) electrons. The lowest BCUT2D eigenvalue weighted by molar-refractivity contribution is -0.142. The van der Waals surface area contributed by atoms with Gasteiger partial charge >= 0.3 is 0 Å². The van der Waals surface area contributed by atoms with Crippen molar-refractivity contribution < 1.29 is 14.3 Å². The Kier molecular flexibility index (Phi) is 9.36. The van der Waals surface area contributed by atoms with Gasteiger partial charge in [-0.1, -0.05) is 69.5 Å². The van der Waals surface area contributed by atoms with Crippen LogP contribution in [0.3, 0.4) is 0 Å². The van der Waals surface area contributed by atoms with E-state index < -0.39 is 6.04 Å². The van der Waals surface area contributed by atoms with Gasteiger partial charge < -0.3 is 15.0 Å². The van der Waals surface area contributed by atoms with Gasteiger partial charge in [-0.05, 0) is 64.9 Å². The maximum Gasteiger partial charge on any atom is 0.261 e. The van der Waals surface area contributed by atoms with Gasteiger partial charge in [0.2, 0.25) is 5.91 Å². The standard InChI is InChI=1S/C27H35BrN2O3/c1-19(2)22-14-15-25(24(28)16-22)33-18-26(31)30(17-21-10-6-4-7-11-21)20(3)27(32)29-23-12-8-5-9-13-23/h4,6-7,10-11,14-16,19-20,23H,5,8-9,12-13,17-18H2,1-3H3,(H,29,32)/t20-/m1/s1. The van der Waals surface area contributed by atoms with E-state index in [4.69, 9.17) is 4.74 Å². The quantitative estimate of drug-likeness (QED) is 0.458. The Morgan fingerprint density at radius 1 is 1.06 bits per heavy atom. The Balaban J connectivity index is 1.69. The van der Waals surface area contributed by atoms with Crippen molar-refractivity contribution >= 4 is 27.7 Å². The van der Waals surface area contributed by atoms with Crippen molar-refractivity contribution in [1.82, 2.24) is 10.2 Å². The summed E-state index contributed by atoms with van der Waals surface area (Å²) in [7, 11) is 0. The maximum atomic E-state index is 13.3. The normalized spacial score (nSPS) is 15.2. The number of halogens is 1. The van der Waals surface area contributed by atoms with Gasteiger partial charge in [0.05, 0.1) is 4.47 Å². The van der Waals surface area contributed by atoms with Crippen LogP contribution in [-0.2, 0) is 16.1 Å². The van der Waals surface area contributed by atoms with E-state index in [-0.39, 0.29) is 24.5 Å². The second kappa shape index (κ2) is 12.2. The lowest BCUT2D eigenvalue weighted by Gasteiger charge is -2.31. The van der Waals surface area contributed by atoms with Crippen molar-refractivity contribution in [3.63, 3.8) is 0 Å². The van der Waals surface area contributed by atoms with Gasteiger partial charge in [0.15, 0.2) is 6.61 Å². The zero-order valence-corrected chi connectivity index (χ0v) is 21.4. The van der Waals surface area contributed by atoms with E-state index in [9.17, 15) is 9.59 Å². The molecule has 2 aromatic rings. The van der Waals surface area contributed by atoms with E-state index in [2.05, 4.69) is 35.1 Å². The van der Waals surface area contributed by atoms with Crippen LogP contribution in [0.1, 0.15) is 69.9 Å². The fourth-order valence-electron chi connectivity index (χ4n) is 4.15. The largest absolute Gasteiger partial charge is 0.483 e. The number of nitrogens with one attached hydrogen (secondary N) is 1. The first kappa shape index (κ1) is 25.3. The molecule has 0 aromatic heterocycles. The number of ether oxygens (including phenoxy) is 1. The SMILES string of the molecule is CC(C)c1ccc(OCC(=O)N(Cc2ccccc2)[C@H](C)C(=O)NC2CCCCC2)c(Br)c1. The van der Waals surface area contributed by atoms with Crippen LogP contribution >= 0.6 is 15.9 Å². The Hall–Kier alpha value is -2.34. The molecular formula is C27H35BrN2O3. The van der Waals surface area contributed by atoms with Crippen LogP contribution < -0.4 is 10.1 Å². The number of hydrogen-bond acceptors (Lipinski definition) is 3. The molecule has 33 heavy (non-hydrogen) atoms. The molecule has 3 rings (SSSR count). The molecule has 5 nitrogen and oxygen atoms in total. The Labute approximate surface area is 206 Å². The molecule has 1 aliphatic rings. The molecule has 1 fully saturated rings. The molecule has 2 amide bonds. The van der Waals surface area contributed by atoms with Crippen LogP contribution in [0.4, 0.5) is 0 Å². The van der Waals surface area contributed by atoms with Crippen LogP contribution in [0, 0.1) is 0 Å². The first-order chi connectivity index (χ1) is 15.8. The van der Waals surface area contributed by atoms with Gasteiger partial charge in [-0.2, -0.15) is 0 Å². The summed E-state index contributed by atoms with van der Waals surface area (Å²) < 4.78 is 6.68. The summed E-state index contributed by atoms with van der Waals surface area (Å²) in [5.41, 5.74) is 2.17. The fraction of sp³-hybridized carbons (Fsp3) is 0.481. The topological polar surface area (TPSA) is 58.6 Å². The number of amides is 2. The molecule has 0 bridgehead atoms. The van der Waals surface area contributed by atoms with Crippen LogP contribution in [0.15, 0.2) is 53.0 Å². The second-order valence-electron chi connectivity index (χ2n) is 9.16. The highest BCUT2D eigenvalue weighted by Crippen LogP contribution is 2.29. The summed E-state index contributed by atoms with van der Waals surface area (Å²) in [4.78, 5) is 27.9. The van der Waals surface area contributed by atoms with Gasteiger partial charge in [0.25, 0.3) is 5.91 Å². The van der Waals surface area contributed by atoms with Gasteiger partial charge in [0.1, 0.15) is 11.8 Å². The van der Waals surface area contributed by atoms with E-state index in [0.717, 1.165) is 35.7 Å². The van der Waals surface area contributed by atoms with Crippen LogP contribution in [-0.4, -0.2) is 35.4 Å². The minimum Gasteiger partial charge on any atom is -0.483 e. The van der Waals surface area contributed by atoms with Gasteiger partial charge in [-0.15, -0.1) is 0 Å². The van der Waals surface area contributed by atoms with E-state index in [1.165, 1.54) is 12.0 Å². The van der Waals surface area contributed by atoms with E-state index in [1.54, 1.807) is 11.8 Å².